The molecule has 0 saturated carbocycles. The minimum atomic E-state index is -0.698. The van der Waals surface area contributed by atoms with Crippen LogP contribution in [0, 0.1) is 0 Å². The summed E-state index contributed by atoms with van der Waals surface area (Å²) in [5.41, 5.74) is 1.61. The minimum absolute atomic E-state index is 0.0923. The molecule has 0 fully saturated rings. The zero-order valence-corrected chi connectivity index (χ0v) is 20.9. The molecule has 3 aromatic rings. The average molecular weight is 515 g/mol. The van der Waals surface area contributed by atoms with Crippen molar-refractivity contribution >= 4 is 40.5 Å². The van der Waals surface area contributed by atoms with Gasteiger partial charge in [0.25, 0.3) is 5.91 Å². The fourth-order valence-corrected chi connectivity index (χ4v) is 3.87. The maximum Gasteiger partial charge on any atom is 0.255 e. The number of oxime groups is 1. The zero-order valence-electron chi connectivity index (χ0n) is 19.4. The van der Waals surface area contributed by atoms with Gasteiger partial charge in [0.2, 0.25) is 0 Å². The van der Waals surface area contributed by atoms with Crippen LogP contribution >= 0.6 is 23.2 Å². The molecule has 1 aromatic carbocycles. The van der Waals surface area contributed by atoms with Crippen LogP contribution in [-0.4, -0.2) is 39.9 Å². The monoisotopic (exact) mass is 514 g/mol. The van der Waals surface area contributed by atoms with Gasteiger partial charge in [0, 0.05) is 42.3 Å². The van der Waals surface area contributed by atoms with Crippen molar-refractivity contribution in [2.24, 2.45) is 5.16 Å². The maximum absolute atomic E-state index is 12.9. The molecule has 0 saturated heterocycles. The number of benzene rings is 1. The first-order chi connectivity index (χ1) is 16.7. The van der Waals surface area contributed by atoms with E-state index in [2.05, 4.69) is 20.4 Å². The summed E-state index contributed by atoms with van der Waals surface area (Å²) in [6.45, 7) is 5.91. The van der Waals surface area contributed by atoms with E-state index in [-0.39, 0.29) is 28.4 Å². The number of hydrogen-bond acceptors (Lipinski definition) is 7. The number of pyridine rings is 2. The van der Waals surface area contributed by atoms with E-state index in [1.54, 1.807) is 30.6 Å². The standard InChI is InChI=1S/C25H24Cl2N4O4/c1-15(2)34-21-7-6-16(24(32)30-23-18(26)12-29-13-19(23)27)9-22(21)33-14-25(3)10-20(31-35-25)17-5-4-8-28-11-17/h4-9,11-13,15H,10,14H2,1-3H3,(H,29,30,32). The van der Waals surface area contributed by atoms with E-state index in [4.69, 9.17) is 37.5 Å². The molecule has 35 heavy (non-hydrogen) atoms. The van der Waals surface area contributed by atoms with Gasteiger partial charge in [0.05, 0.1) is 27.5 Å². The first-order valence-corrected chi connectivity index (χ1v) is 11.7. The molecule has 1 N–H and O–H groups in total. The lowest BCUT2D eigenvalue weighted by molar-refractivity contribution is -0.0363. The van der Waals surface area contributed by atoms with Crippen molar-refractivity contribution in [1.82, 2.24) is 9.97 Å². The number of nitrogens with zero attached hydrogens (tertiary/aromatic N) is 3. The number of anilines is 1. The normalized spacial score (nSPS) is 17.0. The predicted molar refractivity (Wildman–Crippen MR) is 135 cm³/mol. The maximum atomic E-state index is 12.9. The van der Waals surface area contributed by atoms with Gasteiger partial charge in [-0.25, -0.2) is 0 Å². The second kappa shape index (κ2) is 10.5. The molecule has 0 aliphatic carbocycles. The largest absolute Gasteiger partial charge is 0.487 e. The molecule has 182 valence electrons. The van der Waals surface area contributed by atoms with E-state index in [0.717, 1.165) is 11.3 Å². The quantitative estimate of drug-likeness (QED) is 0.409. The van der Waals surface area contributed by atoms with Crippen molar-refractivity contribution < 1.29 is 19.1 Å². The SMILES string of the molecule is CC(C)Oc1ccc(C(=O)Nc2c(Cl)cncc2Cl)cc1OCC1(C)CC(c2cccnc2)=NO1. The van der Waals surface area contributed by atoms with Crippen molar-refractivity contribution in [1.29, 1.82) is 0 Å². The van der Waals surface area contributed by atoms with E-state index in [1.165, 1.54) is 12.4 Å². The van der Waals surface area contributed by atoms with E-state index in [0.29, 0.717) is 23.5 Å². The number of amides is 1. The minimum Gasteiger partial charge on any atom is -0.487 e. The van der Waals surface area contributed by atoms with Crippen LogP contribution in [0.3, 0.4) is 0 Å². The number of ether oxygens (including phenoxy) is 2. The molecule has 1 unspecified atom stereocenters. The third-order valence-corrected chi connectivity index (χ3v) is 5.68. The third kappa shape index (κ3) is 6.01. The molecule has 2 aromatic heterocycles. The van der Waals surface area contributed by atoms with Crippen molar-refractivity contribution in [3.8, 4) is 11.5 Å². The second-order valence-corrected chi connectivity index (χ2v) is 9.36. The Hall–Kier alpha value is -3.36. The molecule has 0 bridgehead atoms. The fourth-order valence-electron chi connectivity index (χ4n) is 3.41. The van der Waals surface area contributed by atoms with E-state index >= 15 is 0 Å². The number of carbonyl (C=O) groups excluding carboxylic acids is 1. The highest BCUT2D eigenvalue weighted by Crippen LogP contribution is 2.34. The average Bonchev–Trinajstić information content (AvgIpc) is 3.23. The summed E-state index contributed by atoms with van der Waals surface area (Å²) in [6.07, 6.45) is 6.71. The van der Waals surface area contributed by atoms with Gasteiger partial charge in [-0.15, -0.1) is 0 Å². The first kappa shape index (κ1) is 24.8. The van der Waals surface area contributed by atoms with Gasteiger partial charge in [-0.3, -0.25) is 14.8 Å². The Morgan fingerprint density at radius 3 is 2.60 bits per heavy atom. The number of halogens is 2. The van der Waals surface area contributed by atoms with Gasteiger partial charge in [-0.05, 0) is 51.1 Å². The molecule has 3 heterocycles. The van der Waals surface area contributed by atoms with Gasteiger partial charge in [-0.2, -0.15) is 0 Å². The molecule has 0 radical (unpaired) electrons. The Morgan fingerprint density at radius 1 is 1.14 bits per heavy atom. The molecule has 1 aliphatic rings. The van der Waals surface area contributed by atoms with Crippen molar-refractivity contribution in [3.05, 3.63) is 76.3 Å². The summed E-state index contributed by atoms with van der Waals surface area (Å²) in [5, 5.41) is 7.41. The van der Waals surface area contributed by atoms with Gasteiger partial charge in [0.1, 0.15) is 6.61 Å². The molecular weight excluding hydrogens is 491 g/mol. The van der Waals surface area contributed by atoms with E-state index in [1.807, 2.05) is 32.9 Å². The highest BCUT2D eigenvalue weighted by molar-refractivity contribution is 6.39. The van der Waals surface area contributed by atoms with Gasteiger partial charge < -0.3 is 19.6 Å². The molecule has 8 nitrogen and oxygen atoms in total. The second-order valence-electron chi connectivity index (χ2n) is 8.55. The topological polar surface area (TPSA) is 94.9 Å². The fraction of sp³-hybridized carbons (Fsp3) is 0.280. The van der Waals surface area contributed by atoms with Crippen LogP contribution in [-0.2, 0) is 4.84 Å². The lowest BCUT2D eigenvalue weighted by Gasteiger charge is -2.23. The summed E-state index contributed by atoms with van der Waals surface area (Å²) in [6, 6.07) is 8.72. The number of hydrogen-bond donors (Lipinski definition) is 1. The lowest BCUT2D eigenvalue weighted by Crippen LogP contribution is -2.33. The van der Waals surface area contributed by atoms with Crippen LogP contribution in [0.5, 0.6) is 11.5 Å². The molecular formula is C25H24Cl2N4O4. The molecule has 1 amide bonds. The van der Waals surface area contributed by atoms with Crippen molar-refractivity contribution in [2.45, 2.75) is 38.9 Å². The van der Waals surface area contributed by atoms with Crippen LogP contribution in [0.2, 0.25) is 10.0 Å². The van der Waals surface area contributed by atoms with E-state index in [9.17, 15) is 4.79 Å². The van der Waals surface area contributed by atoms with Crippen LogP contribution < -0.4 is 14.8 Å². The summed E-state index contributed by atoms with van der Waals surface area (Å²) < 4.78 is 12.0. The Balaban J connectivity index is 1.51. The third-order valence-electron chi connectivity index (χ3n) is 5.11. The number of aromatic nitrogens is 2. The molecule has 10 heteroatoms. The van der Waals surface area contributed by atoms with Crippen molar-refractivity contribution in [3.63, 3.8) is 0 Å². The summed E-state index contributed by atoms with van der Waals surface area (Å²) in [5.74, 6) is 0.496. The molecule has 4 rings (SSSR count). The Kier molecular flexibility index (Phi) is 7.42. The smallest absolute Gasteiger partial charge is 0.255 e. The van der Waals surface area contributed by atoms with E-state index < -0.39 is 11.5 Å². The van der Waals surface area contributed by atoms with Crippen LogP contribution in [0.15, 0.2) is 60.3 Å². The van der Waals surface area contributed by atoms with Gasteiger partial charge >= 0.3 is 0 Å². The summed E-state index contributed by atoms with van der Waals surface area (Å²) in [7, 11) is 0. The zero-order chi connectivity index (χ0) is 25.0. The van der Waals surface area contributed by atoms with Gasteiger partial charge in [-0.1, -0.05) is 28.4 Å². The number of nitrogens with one attached hydrogen (secondary N) is 1. The van der Waals surface area contributed by atoms with Crippen LogP contribution in [0.4, 0.5) is 5.69 Å². The Morgan fingerprint density at radius 2 is 1.91 bits per heavy atom. The summed E-state index contributed by atoms with van der Waals surface area (Å²) >= 11 is 12.3. The lowest BCUT2D eigenvalue weighted by atomic mass is 9.97. The summed E-state index contributed by atoms with van der Waals surface area (Å²) in [4.78, 5) is 26.7. The van der Waals surface area contributed by atoms with Crippen LogP contribution in [0.1, 0.15) is 43.1 Å². The number of carbonyl (C=O) groups is 1. The number of rotatable bonds is 8. The predicted octanol–water partition coefficient (Wildman–Crippen LogP) is 5.79. The van der Waals surface area contributed by atoms with Crippen molar-refractivity contribution in [2.75, 3.05) is 11.9 Å². The first-order valence-electron chi connectivity index (χ1n) is 10.9. The highest BCUT2D eigenvalue weighted by atomic mass is 35.5. The molecule has 0 spiro atoms. The van der Waals surface area contributed by atoms with Crippen LogP contribution in [0.25, 0.3) is 0 Å². The molecule has 1 atom stereocenters. The Bertz CT molecular complexity index is 1230. The Labute approximate surface area is 213 Å². The van der Waals surface area contributed by atoms with Gasteiger partial charge in [0.15, 0.2) is 17.1 Å². The highest BCUT2D eigenvalue weighted by Gasteiger charge is 2.36. The molecule has 1 aliphatic heterocycles.